The highest BCUT2D eigenvalue weighted by Crippen LogP contribution is 2.21. The molecule has 2 saturated heterocycles. The highest BCUT2D eigenvalue weighted by Gasteiger charge is 2.24. The van der Waals surface area contributed by atoms with E-state index in [-0.39, 0.29) is 24.3 Å². The van der Waals surface area contributed by atoms with Gasteiger partial charge in [0.1, 0.15) is 0 Å². The zero-order chi connectivity index (χ0) is 21.1. The molecular weight excluding hydrogens is 368 g/mol. The third-order valence-corrected chi connectivity index (χ3v) is 5.08. The molecule has 0 aromatic rings. The van der Waals surface area contributed by atoms with Gasteiger partial charge in [-0.1, -0.05) is 0 Å². The van der Waals surface area contributed by atoms with E-state index in [1.807, 2.05) is 0 Å². The largest absolute Gasteiger partial charge is 0.481 e. The summed E-state index contributed by atoms with van der Waals surface area (Å²) in [5.74, 6) is -0.375. The highest BCUT2D eigenvalue weighted by atomic mass is 16.5. The zero-order valence-corrected chi connectivity index (χ0v) is 16.5. The average molecular weight is 400 g/mol. The smallest absolute Gasteiger partial charge is 0.314 e. The number of esters is 1. The van der Waals surface area contributed by atoms with Crippen LogP contribution < -0.4 is 11.5 Å². The maximum absolute atomic E-state index is 11.2. The van der Waals surface area contributed by atoms with Gasteiger partial charge in [-0.15, -0.1) is 0 Å². The maximum atomic E-state index is 11.2. The Balaban J connectivity index is 0.000000283. The van der Waals surface area contributed by atoms with Crippen molar-refractivity contribution >= 4 is 24.0 Å². The van der Waals surface area contributed by atoms with E-state index in [4.69, 9.17) is 21.3 Å². The van der Waals surface area contributed by atoms with E-state index in [1.165, 1.54) is 0 Å². The normalized spacial score (nSPS) is 18.0. The summed E-state index contributed by atoms with van der Waals surface area (Å²) in [6.07, 6.45) is 3.82. The van der Waals surface area contributed by atoms with Gasteiger partial charge in [-0.25, -0.2) is 9.59 Å². The van der Waals surface area contributed by atoms with Gasteiger partial charge in [-0.05, 0) is 44.4 Å². The molecule has 10 nitrogen and oxygen atoms in total. The van der Waals surface area contributed by atoms with Crippen molar-refractivity contribution in [3.63, 3.8) is 0 Å². The first-order chi connectivity index (χ1) is 13.2. The predicted octanol–water partition coefficient (Wildman–Crippen LogP) is 0.982. The summed E-state index contributed by atoms with van der Waals surface area (Å²) in [7, 11) is 0. The third kappa shape index (κ3) is 8.92. The summed E-state index contributed by atoms with van der Waals surface area (Å²) >= 11 is 0. The Morgan fingerprint density at radius 1 is 0.857 bits per heavy atom. The van der Waals surface area contributed by atoms with Gasteiger partial charge < -0.3 is 31.1 Å². The molecule has 0 bridgehead atoms. The van der Waals surface area contributed by atoms with Crippen LogP contribution in [0.3, 0.4) is 0 Å². The van der Waals surface area contributed by atoms with Crippen LogP contribution in [0.15, 0.2) is 0 Å². The van der Waals surface area contributed by atoms with Crippen LogP contribution in [0.4, 0.5) is 9.59 Å². The first kappa shape index (κ1) is 23.5. The molecule has 0 saturated carbocycles. The van der Waals surface area contributed by atoms with Crippen LogP contribution in [0.2, 0.25) is 0 Å². The number of carbonyl (C=O) groups is 4. The average Bonchev–Trinajstić information content (AvgIpc) is 2.63. The van der Waals surface area contributed by atoms with E-state index in [9.17, 15) is 19.2 Å². The summed E-state index contributed by atoms with van der Waals surface area (Å²) in [4.78, 5) is 46.3. The predicted molar refractivity (Wildman–Crippen MR) is 101 cm³/mol. The Bertz CT molecular complexity index is 540. The number of nitrogens with zero attached hydrogens (tertiary/aromatic N) is 2. The van der Waals surface area contributed by atoms with Gasteiger partial charge in [0.25, 0.3) is 0 Å². The minimum atomic E-state index is -0.766. The number of hydrogen-bond acceptors (Lipinski definition) is 5. The molecular formula is C18H32N4O6. The number of rotatable bonds is 5. The molecule has 0 atom stereocenters. The zero-order valence-electron chi connectivity index (χ0n) is 16.5. The molecule has 2 aliphatic heterocycles. The van der Waals surface area contributed by atoms with Crippen molar-refractivity contribution < 1.29 is 29.0 Å². The van der Waals surface area contributed by atoms with Crippen molar-refractivity contribution in [2.45, 2.75) is 45.4 Å². The summed E-state index contributed by atoms with van der Waals surface area (Å²) in [5, 5.41) is 8.54. The molecule has 4 amide bonds. The lowest BCUT2D eigenvalue weighted by atomic mass is 9.94. The lowest BCUT2D eigenvalue weighted by Crippen LogP contribution is -2.42. The molecule has 0 aromatic carbocycles. The summed E-state index contributed by atoms with van der Waals surface area (Å²) < 4.78 is 4.87. The van der Waals surface area contributed by atoms with E-state index in [2.05, 4.69) is 0 Å². The van der Waals surface area contributed by atoms with E-state index in [0.29, 0.717) is 45.1 Å². The van der Waals surface area contributed by atoms with Gasteiger partial charge in [0.15, 0.2) is 0 Å². The number of likely N-dealkylation sites (tertiary alicyclic amines) is 2. The van der Waals surface area contributed by atoms with Gasteiger partial charge in [-0.2, -0.15) is 0 Å². The number of nitrogens with two attached hydrogens (primary N) is 2. The number of carboxylic acids is 1. The second kappa shape index (κ2) is 12.0. The molecule has 0 aliphatic carbocycles. The van der Waals surface area contributed by atoms with Crippen molar-refractivity contribution in [3.05, 3.63) is 0 Å². The Morgan fingerprint density at radius 2 is 1.25 bits per heavy atom. The first-order valence-electron chi connectivity index (χ1n) is 9.69. The number of piperidine rings is 2. The van der Waals surface area contributed by atoms with E-state index in [1.54, 1.807) is 16.7 Å². The van der Waals surface area contributed by atoms with Crippen LogP contribution in [0, 0.1) is 11.8 Å². The maximum Gasteiger partial charge on any atom is 0.314 e. The second-order valence-electron chi connectivity index (χ2n) is 7.14. The van der Waals surface area contributed by atoms with Crippen molar-refractivity contribution in [2.75, 3.05) is 32.8 Å². The summed E-state index contributed by atoms with van der Waals surface area (Å²) in [6, 6.07) is -0.779. The van der Waals surface area contributed by atoms with E-state index >= 15 is 0 Å². The van der Waals surface area contributed by atoms with Crippen LogP contribution in [0.1, 0.15) is 45.4 Å². The quantitative estimate of drug-likeness (QED) is 0.584. The molecule has 160 valence electrons. The van der Waals surface area contributed by atoms with E-state index in [0.717, 1.165) is 25.7 Å². The number of hydrogen-bond donors (Lipinski definition) is 3. The van der Waals surface area contributed by atoms with Gasteiger partial charge in [-0.3, -0.25) is 9.59 Å². The molecule has 2 rings (SSSR count). The van der Waals surface area contributed by atoms with Crippen molar-refractivity contribution in [1.29, 1.82) is 0 Å². The van der Waals surface area contributed by atoms with Crippen LogP contribution in [0.5, 0.6) is 0 Å². The summed E-state index contributed by atoms with van der Waals surface area (Å²) in [5.41, 5.74) is 10.2. The molecule has 2 heterocycles. The second-order valence-corrected chi connectivity index (χ2v) is 7.14. The lowest BCUT2D eigenvalue weighted by molar-refractivity contribution is -0.144. The van der Waals surface area contributed by atoms with Crippen molar-refractivity contribution in [3.8, 4) is 0 Å². The molecule has 5 N–H and O–H groups in total. The molecule has 28 heavy (non-hydrogen) atoms. The van der Waals surface area contributed by atoms with Crippen LogP contribution >= 0.6 is 0 Å². The first-order valence-corrected chi connectivity index (χ1v) is 9.69. The fraction of sp³-hybridized carbons (Fsp3) is 0.778. The third-order valence-electron chi connectivity index (χ3n) is 5.08. The Kier molecular flexibility index (Phi) is 10.1. The Hall–Kier alpha value is -2.52. The highest BCUT2D eigenvalue weighted by molar-refractivity contribution is 5.72. The number of primary amides is 2. The summed E-state index contributed by atoms with van der Waals surface area (Å²) in [6.45, 7) is 4.71. The van der Waals surface area contributed by atoms with Crippen LogP contribution in [0.25, 0.3) is 0 Å². The fourth-order valence-electron chi connectivity index (χ4n) is 3.42. The molecule has 2 aliphatic rings. The Morgan fingerprint density at radius 3 is 1.57 bits per heavy atom. The molecule has 0 aromatic heterocycles. The van der Waals surface area contributed by atoms with Crippen molar-refractivity contribution in [1.82, 2.24) is 9.80 Å². The van der Waals surface area contributed by atoms with Gasteiger partial charge in [0.05, 0.1) is 6.61 Å². The van der Waals surface area contributed by atoms with Crippen LogP contribution in [-0.4, -0.2) is 71.7 Å². The minimum Gasteiger partial charge on any atom is -0.481 e. The Labute approximate surface area is 165 Å². The number of carbonyl (C=O) groups excluding carboxylic acids is 3. The SMILES string of the molecule is CCOC(=O)CC1CCN(C(N)=O)CC1.NC(=O)N1CCC(CC(=O)O)CC1. The topological polar surface area (TPSA) is 156 Å². The number of ether oxygens (including phenoxy) is 1. The van der Waals surface area contributed by atoms with Gasteiger partial charge >= 0.3 is 24.0 Å². The van der Waals surface area contributed by atoms with Gasteiger partial charge in [0.2, 0.25) is 0 Å². The minimum absolute atomic E-state index is 0.143. The number of amides is 4. The lowest BCUT2D eigenvalue weighted by Gasteiger charge is -2.30. The molecule has 10 heteroatoms. The molecule has 2 fully saturated rings. The number of aliphatic carboxylic acids is 1. The van der Waals surface area contributed by atoms with Gasteiger partial charge in [0, 0.05) is 39.0 Å². The molecule has 0 radical (unpaired) electrons. The monoisotopic (exact) mass is 400 g/mol. The van der Waals surface area contributed by atoms with E-state index < -0.39 is 12.0 Å². The number of carboxylic acid groups (broad SMARTS) is 1. The standard InChI is InChI=1S/C10H18N2O3.C8H14N2O3/c1-2-15-9(13)7-8-3-5-12(6-4-8)10(11)14;9-8(13)10-3-1-6(2-4-10)5-7(11)12/h8H,2-7H2,1H3,(H2,11,14);6H,1-5H2,(H2,9,13)(H,11,12). The number of urea groups is 2. The molecule has 0 spiro atoms. The van der Waals surface area contributed by atoms with Crippen LogP contribution in [-0.2, 0) is 14.3 Å². The van der Waals surface area contributed by atoms with Crippen molar-refractivity contribution in [2.24, 2.45) is 23.3 Å². The molecule has 0 unspecified atom stereocenters. The fourth-order valence-corrected chi connectivity index (χ4v) is 3.42.